The highest BCUT2D eigenvalue weighted by atomic mass is 79.9. The van der Waals surface area contributed by atoms with Crippen molar-refractivity contribution < 1.29 is 8.78 Å². The summed E-state index contributed by atoms with van der Waals surface area (Å²) in [5, 5.41) is 4.78. The van der Waals surface area contributed by atoms with Crippen LogP contribution in [-0.4, -0.2) is 0 Å². The lowest BCUT2D eigenvalue weighted by Gasteiger charge is -2.16. The third-order valence-electron chi connectivity index (χ3n) is 2.41. The SMILES string of the molecule is CC(Nc1c(F)cc(Br)cc1F)c1sccc1Br. The van der Waals surface area contributed by atoms with Gasteiger partial charge in [-0.1, -0.05) is 15.9 Å². The monoisotopic (exact) mass is 395 g/mol. The number of nitrogens with one attached hydrogen (secondary N) is 1. The van der Waals surface area contributed by atoms with Crippen LogP contribution in [0.2, 0.25) is 0 Å². The van der Waals surface area contributed by atoms with Gasteiger partial charge in [0.15, 0.2) is 0 Å². The van der Waals surface area contributed by atoms with E-state index in [9.17, 15) is 8.78 Å². The standard InChI is InChI=1S/C12H9Br2F2NS/c1-6(12-8(14)2-3-18-12)17-11-9(15)4-7(13)5-10(11)16/h2-6,17H,1H3. The van der Waals surface area contributed by atoms with Gasteiger partial charge in [-0.2, -0.15) is 0 Å². The summed E-state index contributed by atoms with van der Waals surface area (Å²) in [7, 11) is 0. The zero-order valence-corrected chi connectivity index (χ0v) is 13.3. The Morgan fingerprint density at radius 2 is 1.83 bits per heavy atom. The molecule has 2 aromatic rings. The molecule has 0 aliphatic heterocycles. The molecule has 1 unspecified atom stereocenters. The second-order valence-electron chi connectivity index (χ2n) is 3.74. The van der Waals surface area contributed by atoms with Gasteiger partial charge >= 0.3 is 0 Å². The Labute approximate surface area is 124 Å². The molecule has 0 amide bonds. The van der Waals surface area contributed by atoms with Crippen molar-refractivity contribution in [2.45, 2.75) is 13.0 Å². The molecule has 1 nitrogen and oxygen atoms in total. The summed E-state index contributed by atoms with van der Waals surface area (Å²) in [5.41, 5.74) is -0.106. The zero-order chi connectivity index (χ0) is 13.3. The van der Waals surface area contributed by atoms with E-state index in [1.807, 2.05) is 18.4 Å². The van der Waals surface area contributed by atoms with E-state index in [4.69, 9.17) is 0 Å². The van der Waals surface area contributed by atoms with Gasteiger partial charge in [0, 0.05) is 13.8 Å². The third kappa shape index (κ3) is 2.92. The van der Waals surface area contributed by atoms with Crippen LogP contribution in [-0.2, 0) is 0 Å². The number of anilines is 1. The maximum atomic E-state index is 13.7. The van der Waals surface area contributed by atoms with E-state index in [-0.39, 0.29) is 11.7 Å². The summed E-state index contributed by atoms with van der Waals surface area (Å²) < 4.78 is 28.7. The molecule has 0 radical (unpaired) electrons. The van der Waals surface area contributed by atoms with Crippen molar-refractivity contribution in [3.63, 3.8) is 0 Å². The van der Waals surface area contributed by atoms with Crippen LogP contribution in [0.25, 0.3) is 0 Å². The Morgan fingerprint density at radius 1 is 1.22 bits per heavy atom. The van der Waals surface area contributed by atoms with Crippen LogP contribution >= 0.6 is 43.2 Å². The van der Waals surface area contributed by atoms with Gasteiger partial charge in [0.1, 0.15) is 17.3 Å². The predicted octanol–water partition coefficient (Wildman–Crippen LogP) is 5.72. The topological polar surface area (TPSA) is 12.0 Å². The van der Waals surface area contributed by atoms with Crippen molar-refractivity contribution in [1.82, 2.24) is 0 Å². The van der Waals surface area contributed by atoms with E-state index < -0.39 is 11.6 Å². The number of hydrogen-bond acceptors (Lipinski definition) is 2. The van der Waals surface area contributed by atoms with E-state index in [2.05, 4.69) is 37.2 Å². The van der Waals surface area contributed by atoms with E-state index in [1.54, 1.807) is 0 Å². The Bertz CT molecular complexity index is 548. The van der Waals surface area contributed by atoms with Crippen LogP contribution in [0.4, 0.5) is 14.5 Å². The molecule has 96 valence electrons. The molecule has 1 atom stereocenters. The molecule has 1 heterocycles. The highest BCUT2D eigenvalue weighted by Gasteiger charge is 2.16. The van der Waals surface area contributed by atoms with Crippen molar-refractivity contribution in [3.8, 4) is 0 Å². The van der Waals surface area contributed by atoms with Crippen molar-refractivity contribution in [2.75, 3.05) is 5.32 Å². The van der Waals surface area contributed by atoms with Crippen molar-refractivity contribution in [2.24, 2.45) is 0 Å². The molecule has 1 aromatic carbocycles. The van der Waals surface area contributed by atoms with E-state index >= 15 is 0 Å². The largest absolute Gasteiger partial charge is 0.373 e. The summed E-state index contributed by atoms with van der Waals surface area (Å²) in [6.45, 7) is 1.86. The molecule has 6 heteroatoms. The average molecular weight is 397 g/mol. The Hall–Kier alpha value is -0.460. The predicted molar refractivity (Wildman–Crippen MR) is 78.1 cm³/mol. The highest BCUT2D eigenvalue weighted by molar-refractivity contribution is 9.10. The minimum Gasteiger partial charge on any atom is -0.373 e. The number of halogens is 4. The van der Waals surface area contributed by atoms with Gasteiger partial charge in [0.05, 0.1) is 6.04 Å². The number of hydrogen-bond donors (Lipinski definition) is 1. The number of thiophene rings is 1. The first-order valence-electron chi connectivity index (χ1n) is 5.13. The first kappa shape index (κ1) is 14.0. The molecule has 0 spiro atoms. The van der Waals surface area contributed by atoms with Crippen LogP contribution in [0, 0.1) is 11.6 Å². The van der Waals surface area contributed by atoms with Gasteiger partial charge in [-0.25, -0.2) is 8.78 Å². The molecular weight excluding hydrogens is 388 g/mol. The minimum absolute atomic E-state index is 0.106. The quantitative estimate of drug-likeness (QED) is 0.698. The fourth-order valence-corrected chi connectivity index (χ4v) is 3.70. The van der Waals surface area contributed by atoms with Crippen LogP contribution < -0.4 is 5.32 Å². The smallest absolute Gasteiger partial charge is 0.150 e. The van der Waals surface area contributed by atoms with Crippen molar-refractivity contribution in [3.05, 3.63) is 49.0 Å². The summed E-state index contributed by atoms with van der Waals surface area (Å²) in [5.74, 6) is -1.22. The lowest BCUT2D eigenvalue weighted by molar-refractivity contribution is 0.583. The van der Waals surface area contributed by atoms with Crippen LogP contribution in [0.5, 0.6) is 0 Å². The van der Waals surface area contributed by atoms with Gasteiger partial charge in [0.25, 0.3) is 0 Å². The van der Waals surface area contributed by atoms with E-state index in [0.717, 1.165) is 9.35 Å². The number of benzene rings is 1. The molecule has 1 aromatic heterocycles. The summed E-state index contributed by atoms with van der Waals surface area (Å²) in [6.07, 6.45) is 0. The second kappa shape index (κ2) is 5.67. The van der Waals surface area contributed by atoms with E-state index in [1.165, 1.54) is 23.5 Å². The minimum atomic E-state index is -0.610. The lowest BCUT2D eigenvalue weighted by atomic mass is 10.2. The summed E-state index contributed by atoms with van der Waals surface area (Å²) in [6, 6.07) is 4.21. The molecule has 0 saturated carbocycles. The van der Waals surface area contributed by atoms with Gasteiger partial charge in [-0.15, -0.1) is 11.3 Å². The van der Waals surface area contributed by atoms with Crippen molar-refractivity contribution >= 4 is 48.9 Å². The lowest BCUT2D eigenvalue weighted by Crippen LogP contribution is -2.08. The van der Waals surface area contributed by atoms with Gasteiger partial charge < -0.3 is 5.32 Å². The molecule has 0 aliphatic carbocycles. The maximum Gasteiger partial charge on any atom is 0.150 e. The first-order valence-corrected chi connectivity index (χ1v) is 7.59. The molecule has 0 fully saturated rings. The van der Waals surface area contributed by atoms with Crippen molar-refractivity contribution in [1.29, 1.82) is 0 Å². The van der Waals surface area contributed by atoms with Gasteiger partial charge in [-0.3, -0.25) is 0 Å². The fourth-order valence-electron chi connectivity index (χ4n) is 1.58. The van der Waals surface area contributed by atoms with Gasteiger partial charge in [0.2, 0.25) is 0 Å². The Morgan fingerprint density at radius 3 is 2.33 bits per heavy atom. The molecular formula is C12H9Br2F2NS. The third-order valence-corrected chi connectivity index (χ3v) is 4.92. The molecule has 0 saturated heterocycles. The fraction of sp³-hybridized carbons (Fsp3) is 0.167. The van der Waals surface area contributed by atoms with Crippen LogP contribution in [0.1, 0.15) is 17.8 Å². The zero-order valence-electron chi connectivity index (χ0n) is 9.31. The second-order valence-corrected chi connectivity index (χ2v) is 6.46. The highest BCUT2D eigenvalue weighted by Crippen LogP contribution is 2.33. The molecule has 0 bridgehead atoms. The van der Waals surface area contributed by atoms with Gasteiger partial charge in [-0.05, 0) is 46.4 Å². The maximum absolute atomic E-state index is 13.7. The average Bonchev–Trinajstić information content (AvgIpc) is 2.69. The Balaban J connectivity index is 2.27. The first-order chi connectivity index (χ1) is 8.49. The molecule has 1 N–H and O–H groups in total. The normalized spacial score (nSPS) is 12.5. The Kier molecular flexibility index (Phi) is 4.40. The molecule has 2 rings (SSSR count). The van der Waals surface area contributed by atoms with Crippen LogP contribution in [0.3, 0.4) is 0 Å². The molecule has 0 aliphatic rings. The number of rotatable bonds is 3. The summed E-state index contributed by atoms with van der Waals surface area (Å²) in [4.78, 5) is 0.997. The summed E-state index contributed by atoms with van der Waals surface area (Å²) >= 11 is 7.98. The van der Waals surface area contributed by atoms with Crippen LogP contribution in [0.15, 0.2) is 32.5 Å². The van der Waals surface area contributed by atoms with E-state index in [0.29, 0.717) is 4.47 Å². The molecule has 18 heavy (non-hydrogen) atoms.